The largest absolute Gasteiger partial charge is 0.350 e. The van der Waals surface area contributed by atoms with Gasteiger partial charge in [0.2, 0.25) is 5.95 Å². The topological polar surface area (TPSA) is 83.9 Å². The average Bonchev–Trinajstić information content (AvgIpc) is 2.72. The number of nitrogens with zero attached hydrogens (tertiary/aromatic N) is 5. The van der Waals surface area contributed by atoms with E-state index in [2.05, 4.69) is 25.3 Å². The summed E-state index contributed by atoms with van der Waals surface area (Å²) in [4.78, 5) is 30.6. The SMILES string of the molecule is CN(CCc1ccncc1)C(=O)c1cnc(NCc2cccnc2)nc1. The summed E-state index contributed by atoms with van der Waals surface area (Å²) in [7, 11) is 1.78. The quantitative estimate of drug-likeness (QED) is 0.705. The smallest absolute Gasteiger partial charge is 0.256 e. The van der Waals surface area contributed by atoms with Crippen LogP contribution in [0.5, 0.6) is 0 Å². The predicted molar refractivity (Wildman–Crippen MR) is 98.5 cm³/mol. The first-order chi connectivity index (χ1) is 12.7. The number of hydrogen-bond donors (Lipinski definition) is 1. The lowest BCUT2D eigenvalue weighted by molar-refractivity contribution is 0.0796. The lowest BCUT2D eigenvalue weighted by Gasteiger charge is -2.17. The number of carbonyl (C=O) groups excluding carboxylic acids is 1. The molecule has 7 nitrogen and oxygen atoms in total. The number of hydrogen-bond acceptors (Lipinski definition) is 6. The fourth-order valence-electron chi connectivity index (χ4n) is 2.38. The van der Waals surface area contributed by atoms with Gasteiger partial charge in [-0.05, 0) is 35.7 Å². The monoisotopic (exact) mass is 348 g/mol. The van der Waals surface area contributed by atoms with Crippen LogP contribution in [0, 0.1) is 0 Å². The van der Waals surface area contributed by atoms with E-state index in [4.69, 9.17) is 0 Å². The summed E-state index contributed by atoms with van der Waals surface area (Å²) in [6, 6.07) is 7.74. The Morgan fingerprint density at radius 1 is 1.00 bits per heavy atom. The van der Waals surface area contributed by atoms with Crippen LogP contribution in [-0.4, -0.2) is 44.3 Å². The van der Waals surface area contributed by atoms with Gasteiger partial charge < -0.3 is 10.2 Å². The van der Waals surface area contributed by atoms with Crippen molar-refractivity contribution in [3.8, 4) is 0 Å². The highest BCUT2D eigenvalue weighted by Gasteiger charge is 2.12. The van der Waals surface area contributed by atoms with Crippen LogP contribution in [0.25, 0.3) is 0 Å². The molecule has 132 valence electrons. The van der Waals surface area contributed by atoms with Crippen molar-refractivity contribution < 1.29 is 4.79 Å². The van der Waals surface area contributed by atoms with E-state index in [9.17, 15) is 4.79 Å². The summed E-state index contributed by atoms with van der Waals surface area (Å²) in [5.74, 6) is 0.378. The Morgan fingerprint density at radius 2 is 1.77 bits per heavy atom. The van der Waals surface area contributed by atoms with E-state index in [1.165, 1.54) is 0 Å². The summed E-state index contributed by atoms with van der Waals surface area (Å²) in [5, 5.41) is 3.11. The number of anilines is 1. The third-order valence-corrected chi connectivity index (χ3v) is 3.90. The van der Waals surface area contributed by atoms with Crippen LogP contribution in [0.15, 0.2) is 61.4 Å². The van der Waals surface area contributed by atoms with Crippen molar-refractivity contribution >= 4 is 11.9 Å². The molecule has 0 atom stereocenters. The summed E-state index contributed by atoms with van der Waals surface area (Å²) in [5.41, 5.74) is 2.65. The van der Waals surface area contributed by atoms with Gasteiger partial charge in [-0.1, -0.05) is 6.07 Å². The summed E-state index contributed by atoms with van der Waals surface area (Å²) < 4.78 is 0. The highest BCUT2D eigenvalue weighted by Crippen LogP contribution is 2.07. The highest BCUT2D eigenvalue weighted by molar-refractivity contribution is 5.93. The van der Waals surface area contributed by atoms with Crippen molar-refractivity contribution in [3.63, 3.8) is 0 Å². The second-order valence-corrected chi connectivity index (χ2v) is 5.84. The van der Waals surface area contributed by atoms with Gasteiger partial charge in [-0.15, -0.1) is 0 Å². The van der Waals surface area contributed by atoms with Crippen molar-refractivity contribution in [2.75, 3.05) is 18.9 Å². The van der Waals surface area contributed by atoms with E-state index in [0.717, 1.165) is 17.5 Å². The molecule has 26 heavy (non-hydrogen) atoms. The molecule has 0 aliphatic heterocycles. The summed E-state index contributed by atoms with van der Waals surface area (Å²) >= 11 is 0. The minimum Gasteiger partial charge on any atom is -0.350 e. The van der Waals surface area contributed by atoms with Crippen LogP contribution in [0.4, 0.5) is 5.95 Å². The lowest BCUT2D eigenvalue weighted by Crippen LogP contribution is -2.29. The second-order valence-electron chi connectivity index (χ2n) is 5.84. The Labute approximate surface area is 152 Å². The minimum absolute atomic E-state index is 0.0992. The first-order valence-electron chi connectivity index (χ1n) is 8.31. The van der Waals surface area contributed by atoms with Gasteiger partial charge in [0, 0.05) is 57.3 Å². The standard InChI is InChI=1S/C19H20N6O/c1-25(10-6-15-4-8-20-9-5-15)18(26)17-13-23-19(24-14-17)22-12-16-3-2-7-21-11-16/h2-5,7-9,11,13-14H,6,10,12H2,1H3,(H,22,23,24). The van der Waals surface area contributed by atoms with Crippen molar-refractivity contribution in [1.82, 2.24) is 24.8 Å². The van der Waals surface area contributed by atoms with Crippen LogP contribution >= 0.6 is 0 Å². The van der Waals surface area contributed by atoms with Crippen LogP contribution in [0.2, 0.25) is 0 Å². The normalized spacial score (nSPS) is 10.3. The van der Waals surface area contributed by atoms with E-state index in [1.54, 1.807) is 49.1 Å². The molecule has 0 aliphatic carbocycles. The van der Waals surface area contributed by atoms with Crippen LogP contribution in [-0.2, 0) is 13.0 Å². The van der Waals surface area contributed by atoms with Gasteiger partial charge >= 0.3 is 0 Å². The average molecular weight is 348 g/mol. The first kappa shape index (κ1) is 17.5. The number of amides is 1. The van der Waals surface area contributed by atoms with E-state index >= 15 is 0 Å². The zero-order chi connectivity index (χ0) is 18.2. The molecule has 3 aromatic heterocycles. The van der Waals surface area contributed by atoms with Crippen molar-refractivity contribution in [2.24, 2.45) is 0 Å². The van der Waals surface area contributed by atoms with Crippen molar-refractivity contribution in [2.45, 2.75) is 13.0 Å². The lowest BCUT2D eigenvalue weighted by atomic mass is 10.2. The van der Waals surface area contributed by atoms with Crippen LogP contribution < -0.4 is 5.32 Å². The molecule has 0 fully saturated rings. The summed E-state index contributed by atoms with van der Waals surface area (Å²) in [6.45, 7) is 1.19. The van der Waals surface area contributed by atoms with Gasteiger partial charge in [-0.2, -0.15) is 0 Å². The second kappa shape index (κ2) is 8.66. The molecule has 0 aliphatic rings. The van der Waals surface area contributed by atoms with Gasteiger partial charge in [0.25, 0.3) is 5.91 Å². The third kappa shape index (κ3) is 4.83. The van der Waals surface area contributed by atoms with E-state index in [-0.39, 0.29) is 5.91 Å². The van der Waals surface area contributed by atoms with Crippen molar-refractivity contribution in [3.05, 3.63) is 78.1 Å². The number of pyridine rings is 2. The minimum atomic E-state index is -0.0992. The molecule has 0 radical (unpaired) electrons. The molecule has 3 rings (SSSR count). The molecule has 0 saturated heterocycles. The third-order valence-electron chi connectivity index (χ3n) is 3.90. The molecular weight excluding hydrogens is 328 g/mol. The van der Waals surface area contributed by atoms with Gasteiger partial charge in [0.1, 0.15) is 0 Å². The van der Waals surface area contributed by atoms with Gasteiger partial charge in [-0.25, -0.2) is 9.97 Å². The van der Waals surface area contributed by atoms with Gasteiger partial charge in [0.15, 0.2) is 0 Å². The molecule has 7 heteroatoms. The molecule has 3 aromatic rings. The number of carbonyl (C=O) groups is 1. The zero-order valence-electron chi connectivity index (χ0n) is 14.5. The molecule has 1 N–H and O–H groups in total. The van der Waals surface area contributed by atoms with E-state index in [0.29, 0.717) is 24.6 Å². The van der Waals surface area contributed by atoms with E-state index < -0.39 is 0 Å². The molecule has 3 heterocycles. The zero-order valence-corrected chi connectivity index (χ0v) is 14.5. The summed E-state index contributed by atoms with van der Waals surface area (Å²) in [6.07, 6.45) is 10.9. The Hall–Kier alpha value is -3.35. The Bertz CT molecular complexity index is 824. The number of rotatable bonds is 7. The molecular formula is C19H20N6O. The molecule has 1 amide bonds. The van der Waals surface area contributed by atoms with Gasteiger partial charge in [0.05, 0.1) is 5.56 Å². The van der Waals surface area contributed by atoms with Crippen LogP contribution in [0.1, 0.15) is 21.5 Å². The molecule has 0 unspecified atom stereocenters. The van der Waals surface area contributed by atoms with Crippen LogP contribution in [0.3, 0.4) is 0 Å². The maximum Gasteiger partial charge on any atom is 0.256 e. The van der Waals surface area contributed by atoms with Gasteiger partial charge in [-0.3, -0.25) is 14.8 Å². The Morgan fingerprint density at radius 3 is 2.46 bits per heavy atom. The number of nitrogens with one attached hydrogen (secondary N) is 1. The molecule has 0 spiro atoms. The molecule has 0 bridgehead atoms. The number of likely N-dealkylation sites (N-methyl/N-ethyl adjacent to an activating group) is 1. The molecule has 0 saturated carbocycles. The molecule has 0 aromatic carbocycles. The predicted octanol–water partition coefficient (Wildman–Crippen LogP) is 2.19. The van der Waals surface area contributed by atoms with E-state index in [1.807, 2.05) is 24.3 Å². The maximum absolute atomic E-state index is 12.5. The van der Waals surface area contributed by atoms with Crippen molar-refractivity contribution in [1.29, 1.82) is 0 Å². The highest BCUT2D eigenvalue weighted by atomic mass is 16.2. The maximum atomic E-state index is 12.5. The first-order valence-corrected chi connectivity index (χ1v) is 8.31. The fraction of sp³-hybridized carbons (Fsp3) is 0.211. The Kier molecular flexibility index (Phi) is 5.82. The fourth-order valence-corrected chi connectivity index (χ4v) is 2.38. The number of aromatic nitrogens is 4. The Balaban J connectivity index is 1.52.